The minimum atomic E-state index is 0.776. The van der Waals surface area contributed by atoms with E-state index in [9.17, 15) is 0 Å². The fourth-order valence-corrected chi connectivity index (χ4v) is 6.06. The van der Waals surface area contributed by atoms with Gasteiger partial charge in [-0.05, 0) is 119 Å². The van der Waals surface area contributed by atoms with E-state index >= 15 is 0 Å². The summed E-state index contributed by atoms with van der Waals surface area (Å²) < 4.78 is 0. The largest absolute Gasteiger partial charge is 0.237 e. The Morgan fingerprint density at radius 1 is 0.386 bits per heavy atom. The highest BCUT2D eigenvalue weighted by molar-refractivity contribution is 5.92. The van der Waals surface area contributed by atoms with Gasteiger partial charge in [0.15, 0.2) is 11.3 Å². The third kappa shape index (κ3) is 4.67. The Hall–Kier alpha value is -5.74. The van der Waals surface area contributed by atoms with Crippen LogP contribution in [0.15, 0.2) is 134 Å². The average molecular weight is 565 g/mol. The summed E-state index contributed by atoms with van der Waals surface area (Å²) in [5.41, 5.74) is 12.6. The molecule has 0 atom stereocenters. The van der Waals surface area contributed by atoms with E-state index in [2.05, 4.69) is 133 Å². The van der Waals surface area contributed by atoms with Gasteiger partial charge in [0, 0.05) is 34.3 Å². The standard InChI is InChI=1S/C40H28N4/c1-25-19-37(43-39-35(25)11-5-17-41-39)32-9-3-7-28(21-32)30-15-13-27-14-16-31(24-34(27)23-30)29-8-4-10-33(22-29)38-20-26(2)36-12-6-18-42-40(36)44-38/h3-24H,1-2H3. The van der Waals surface area contributed by atoms with Crippen LogP contribution in [0.1, 0.15) is 11.1 Å². The molecular formula is C40H28N4. The van der Waals surface area contributed by atoms with Gasteiger partial charge >= 0.3 is 0 Å². The van der Waals surface area contributed by atoms with E-state index < -0.39 is 0 Å². The molecule has 208 valence electrons. The number of fused-ring (bicyclic) bond motifs is 3. The lowest BCUT2D eigenvalue weighted by molar-refractivity contribution is 1.27. The van der Waals surface area contributed by atoms with Crippen LogP contribution in [-0.4, -0.2) is 19.9 Å². The van der Waals surface area contributed by atoms with Crippen molar-refractivity contribution in [3.63, 3.8) is 0 Å². The molecule has 4 aromatic heterocycles. The molecule has 4 nitrogen and oxygen atoms in total. The summed E-state index contributed by atoms with van der Waals surface area (Å²) in [6.07, 6.45) is 3.60. The second kappa shape index (κ2) is 10.5. The highest BCUT2D eigenvalue weighted by Gasteiger charge is 2.10. The van der Waals surface area contributed by atoms with Gasteiger partial charge in [-0.3, -0.25) is 0 Å². The molecule has 0 saturated heterocycles. The molecule has 0 unspecified atom stereocenters. The van der Waals surface area contributed by atoms with Crippen LogP contribution in [-0.2, 0) is 0 Å². The maximum absolute atomic E-state index is 4.87. The first kappa shape index (κ1) is 25.9. The van der Waals surface area contributed by atoms with Crippen molar-refractivity contribution in [2.75, 3.05) is 0 Å². The SMILES string of the molecule is Cc1cc(-c2cccc(-c3ccc4ccc(-c5cccc(-c6cc(C)c7cccnc7n6)c5)cc4c3)c2)nc2ncccc12. The lowest BCUT2D eigenvalue weighted by Gasteiger charge is -2.11. The molecule has 0 N–H and O–H groups in total. The van der Waals surface area contributed by atoms with Crippen LogP contribution >= 0.6 is 0 Å². The molecule has 0 fully saturated rings. The normalized spacial score (nSPS) is 11.4. The third-order valence-corrected chi connectivity index (χ3v) is 8.41. The number of nitrogens with zero attached hydrogens (tertiary/aromatic N) is 4. The second-order valence-electron chi connectivity index (χ2n) is 11.3. The minimum Gasteiger partial charge on any atom is -0.237 e. The van der Waals surface area contributed by atoms with E-state index in [0.29, 0.717) is 0 Å². The molecular weight excluding hydrogens is 536 g/mol. The Balaban J connectivity index is 1.15. The number of benzene rings is 4. The zero-order valence-corrected chi connectivity index (χ0v) is 24.5. The fraction of sp³-hybridized carbons (Fsp3) is 0.0500. The van der Waals surface area contributed by atoms with E-state index in [4.69, 9.17) is 9.97 Å². The summed E-state index contributed by atoms with van der Waals surface area (Å²) in [5, 5.41) is 4.58. The molecule has 0 aliphatic carbocycles. The topological polar surface area (TPSA) is 51.6 Å². The number of hydrogen-bond acceptors (Lipinski definition) is 4. The van der Waals surface area contributed by atoms with Gasteiger partial charge in [-0.2, -0.15) is 0 Å². The van der Waals surface area contributed by atoms with Crippen molar-refractivity contribution in [3.8, 4) is 44.8 Å². The van der Waals surface area contributed by atoms with Gasteiger partial charge in [0.25, 0.3) is 0 Å². The van der Waals surface area contributed by atoms with Gasteiger partial charge < -0.3 is 0 Å². The number of hydrogen-bond donors (Lipinski definition) is 0. The van der Waals surface area contributed by atoms with E-state index in [1.54, 1.807) is 12.4 Å². The monoisotopic (exact) mass is 564 g/mol. The molecule has 0 radical (unpaired) electrons. The van der Waals surface area contributed by atoms with Gasteiger partial charge in [-0.1, -0.05) is 60.7 Å². The van der Waals surface area contributed by atoms with Crippen LogP contribution in [0, 0.1) is 13.8 Å². The highest BCUT2D eigenvalue weighted by Crippen LogP contribution is 2.33. The van der Waals surface area contributed by atoms with E-state index in [-0.39, 0.29) is 0 Å². The fourth-order valence-electron chi connectivity index (χ4n) is 6.06. The average Bonchev–Trinajstić information content (AvgIpc) is 3.08. The molecule has 4 heterocycles. The zero-order valence-electron chi connectivity index (χ0n) is 24.5. The Labute approximate surface area is 255 Å². The third-order valence-electron chi connectivity index (χ3n) is 8.41. The van der Waals surface area contributed by atoms with Gasteiger partial charge in [0.05, 0.1) is 11.4 Å². The Morgan fingerprint density at radius 3 is 1.34 bits per heavy atom. The van der Waals surface area contributed by atoms with Crippen molar-refractivity contribution in [1.82, 2.24) is 19.9 Å². The predicted octanol–water partition coefficient (Wildman–Crippen LogP) is 10.0. The molecule has 0 spiro atoms. The first-order valence-corrected chi connectivity index (χ1v) is 14.8. The summed E-state index contributed by atoms with van der Waals surface area (Å²) in [4.78, 5) is 18.7. The zero-order chi connectivity index (χ0) is 29.6. The van der Waals surface area contributed by atoms with Gasteiger partial charge in [0.1, 0.15) is 0 Å². The molecule has 0 bridgehead atoms. The minimum absolute atomic E-state index is 0.776. The van der Waals surface area contributed by atoms with Crippen LogP contribution in [0.5, 0.6) is 0 Å². The van der Waals surface area contributed by atoms with Crippen molar-refractivity contribution in [2.45, 2.75) is 13.8 Å². The Morgan fingerprint density at radius 2 is 0.841 bits per heavy atom. The van der Waals surface area contributed by atoms with Gasteiger partial charge in [-0.15, -0.1) is 0 Å². The number of aromatic nitrogens is 4. The van der Waals surface area contributed by atoms with E-state index in [1.165, 1.54) is 33.0 Å². The molecule has 8 rings (SSSR count). The summed E-state index contributed by atoms with van der Waals surface area (Å²) in [6.45, 7) is 4.23. The van der Waals surface area contributed by atoms with Crippen LogP contribution < -0.4 is 0 Å². The van der Waals surface area contributed by atoms with Crippen LogP contribution in [0.25, 0.3) is 77.6 Å². The predicted molar refractivity (Wildman–Crippen MR) is 181 cm³/mol. The van der Waals surface area contributed by atoms with E-state index in [0.717, 1.165) is 55.7 Å². The second-order valence-corrected chi connectivity index (χ2v) is 11.3. The quantitative estimate of drug-likeness (QED) is 0.213. The van der Waals surface area contributed by atoms with Crippen LogP contribution in [0.2, 0.25) is 0 Å². The van der Waals surface area contributed by atoms with Crippen LogP contribution in [0.4, 0.5) is 0 Å². The number of rotatable bonds is 4. The summed E-state index contributed by atoms with van der Waals surface area (Å²) in [6, 6.07) is 42.9. The smallest absolute Gasteiger partial charge is 0.160 e. The van der Waals surface area contributed by atoms with Crippen molar-refractivity contribution in [2.24, 2.45) is 0 Å². The first-order valence-electron chi connectivity index (χ1n) is 14.8. The molecule has 0 amide bonds. The van der Waals surface area contributed by atoms with Crippen LogP contribution in [0.3, 0.4) is 0 Å². The Kier molecular flexibility index (Phi) is 6.20. The molecule has 44 heavy (non-hydrogen) atoms. The maximum atomic E-state index is 4.87. The number of pyridine rings is 4. The Bertz CT molecular complexity index is 2210. The lowest BCUT2D eigenvalue weighted by Crippen LogP contribution is -1.91. The summed E-state index contributed by atoms with van der Waals surface area (Å²) >= 11 is 0. The highest BCUT2D eigenvalue weighted by atomic mass is 14.8. The first-order chi connectivity index (χ1) is 21.6. The van der Waals surface area contributed by atoms with Gasteiger partial charge in [0.2, 0.25) is 0 Å². The van der Waals surface area contributed by atoms with Gasteiger partial charge in [-0.25, -0.2) is 19.9 Å². The summed E-state index contributed by atoms with van der Waals surface area (Å²) in [5.74, 6) is 0. The van der Waals surface area contributed by atoms with E-state index in [1.807, 2.05) is 12.1 Å². The van der Waals surface area contributed by atoms with Crippen molar-refractivity contribution < 1.29 is 0 Å². The molecule has 4 heteroatoms. The summed E-state index contributed by atoms with van der Waals surface area (Å²) in [7, 11) is 0. The molecule has 0 aliphatic rings. The maximum Gasteiger partial charge on any atom is 0.160 e. The van der Waals surface area contributed by atoms with Crippen molar-refractivity contribution >= 4 is 32.8 Å². The molecule has 0 aliphatic heterocycles. The molecule has 0 saturated carbocycles. The lowest BCUT2D eigenvalue weighted by atomic mass is 9.95. The molecule has 8 aromatic rings. The van der Waals surface area contributed by atoms with Crippen molar-refractivity contribution in [1.29, 1.82) is 0 Å². The van der Waals surface area contributed by atoms with Crippen molar-refractivity contribution in [3.05, 3.63) is 145 Å². The number of aryl methyl sites for hydroxylation is 2. The molecule has 4 aromatic carbocycles.